The van der Waals surface area contributed by atoms with Crippen LogP contribution in [0.2, 0.25) is 6.82 Å². The molecule has 0 aromatic carbocycles. The summed E-state index contributed by atoms with van der Waals surface area (Å²) < 4.78 is 0. The van der Waals surface area contributed by atoms with Gasteiger partial charge in [-0.2, -0.15) is 0 Å². The van der Waals surface area contributed by atoms with Crippen molar-refractivity contribution in [2.24, 2.45) is 0 Å². The van der Waals surface area contributed by atoms with Crippen LogP contribution in [0.4, 0.5) is 0 Å². The molecule has 9 heavy (non-hydrogen) atoms. The van der Waals surface area contributed by atoms with Gasteiger partial charge in [0.25, 0.3) is 0 Å². The summed E-state index contributed by atoms with van der Waals surface area (Å²) in [6, 6.07) is 3.72. The second-order valence-corrected chi connectivity index (χ2v) is 1.81. The second kappa shape index (κ2) is 2.72. The van der Waals surface area contributed by atoms with Crippen LogP contribution in [0.15, 0.2) is 18.3 Å². The van der Waals surface area contributed by atoms with Crippen molar-refractivity contribution >= 4 is 26.2 Å². The highest BCUT2D eigenvalue weighted by Crippen LogP contribution is 1.71. The molecule has 0 fully saturated rings. The lowest BCUT2D eigenvalue weighted by molar-refractivity contribution is 1.41. The third kappa shape index (κ3) is 1.60. The van der Waals surface area contributed by atoms with Gasteiger partial charge < -0.3 is 0 Å². The molecule has 0 saturated heterocycles. The van der Waals surface area contributed by atoms with Crippen LogP contribution in [0.5, 0.6) is 0 Å². The Hall–Kier alpha value is -0.720. The molecule has 1 aromatic heterocycles. The third-order valence-corrected chi connectivity index (χ3v) is 1.14. The standard InChI is InChI=1S/C6H6B2N/c1-8-5-2-3-6(7)9-4-5/h2-4H,1H3. The molecule has 0 unspecified atom stereocenters. The summed E-state index contributed by atoms with van der Waals surface area (Å²) in [6.45, 7) is 1.97. The first kappa shape index (κ1) is 6.40. The van der Waals surface area contributed by atoms with Gasteiger partial charge in [-0.3, -0.25) is 4.98 Å². The Balaban J connectivity index is 2.88. The van der Waals surface area contributed by atoms with Crippen molar-refractivity contribution in [3.63, 3.8) is 0 Å². The summed E-state index contributed by atoms with van der Waals surface area (Å²) in [5.74, 6) is 0. The quantitative estimate of drug-likeness (QED) is 0.437. The summed E-state index contributed by atoms with van der Waals surface area (Å²) in [4.78, 5) is 3.90. The van der Waals surface area contributed by atoms with Gasteiger partial charge in [-0.25, -0.2) is 0 Å². The van der Waals surface area contributed by atoms with Gasteiger partial charge in [0.1, 0.15) is 15.1 Å². The van der Waals surface area contributed by atoms with Gasteiger partial charge in [-0.05, 0) is 5.59 Å². The van der Waals surface area contributed by atoms with Crippen molar-refractivity contribution < 1.29 is 0 Å². The van der Waals surface area contributed by atoms with E-state index in [0.29, 0.717) is 5.59 Å². The van der Waals surface area contributed by atoms with E-state index in [1.54, 1.807) is 12.3 Å². The van der Waals surface area contributed by atoms with Crippen LogP contribution >= 0.6 is 0 Å². The predicted octanol–water partition coefficient (Wildman–Crippen LogP) is -0.747. The van der Waals surface area contributed by atoms with Gasteiger partial charge >= 0.3 is 0 Å². The van der Waals surface area contributed by atoms with E-state index in [9.17, 15) is 0 Å². The van der Waals surface area contributed by atoms with E-state index in [1.807, 2.05) is 20.2 Å². The van der Waals surface area contributed by atoms with Crippen LogP contribution in [0.3, 0.4) is 0 Å². The van der Waals surface area contributed by atoms with Gasteiger partial charge in [0.15, 0.2) is 0 Å². The van der Waals surface area contributed by atoms with Gasteiger partial charge in [0.2, 0.25) is 0 Å². The predicted molar refractivity (Wildman–Crippen MR) is 40.9 cm³/mol. The summed E-state index contributed by atoms with van der Waals surface area (Å²) >= 11 is 0. The maximum Gasteiger partial charge on any atom is 0.150 e. The molecule has 3 radical (unpaired) electrons. The van der Waals surface area contributed by atoms with E-state index >= 15 is 0 Å². The molecule has 3 heteroatoms. The lowest BCUT2D eigenvalue weighted by atomic mass is 9.74. The lowest BCUT2D eigenvalue weighted by Crippen LogP contribution is -2.17. The highest BCUT2D eigenvalue weighted by molar-refractivity contribution is 6.51. The molecule has 0 amide bonds. The minimum absolute atomic E-state index is 0.570. The Morgan fingerprint density at radius 2 is 2.33 bits per heavy atom. The zero-order chi connectivity index (χ0) is 6.69. The molecular formula is C6H6B2N. The summed E-state index contributed by atoms with van der Waals surface area (Å²) in [7, 11) is 7.33. The average Bonchev–Trinajstić information content (AvgIpc) is 1.90. The molecule has 0 spiro atoms. The smallest absolute Gasteiger partial charge is 0.150 e. The first-order valence-electron chi connectivity index (χ1n) is 2.84. The van der Waals surface area contributed by atoms with Crippen LogP contribution < -0.4 is 11.1 Å². The van der Waals surface area contributed by atoms with Crippen LogP contribution in [0, 0.1) is 0 Å². The Kier molecular flexibility index (Phi) is 1.93. The van der Waals surface area contributed by atoms with Gasteiger partial charge in [-0.15, -0.1) is 0 Å². The second-order valence-electron chi connectivity index (χ2n) is 1.81. The van der Waals surface area contributed by atoms with Crippen molar-refractivity contribution in [2.75, 3.05) is 0 Å². The highest BCUT2D eigenvalue weighted by Gasteiger charge is 1.87. The molecule has 0 N–H and O–H groups in total. The number of pyridine rings is 1. The molecule has 0 bridgehead atoms. The zero-order valence-electron chi connectivity index (χ0n) is 5.33. The van der Waals surface area contributed by atoms with Gasteiger partial charge in [-0.1, -0.05) is 24.4 Å². The average molecular weight is 114 g/mol. The highest BCUT2D eigenvalue weighted by atomic mass is 14.6. The molecule has 1 aromatic rings. The van der Waals surface area contributed by atoms with Gasteiger partial charge in [0.05, 0.1) is 0 Å². The van der Waals surface area contributed by atoms with Crippen LogP contribution in [0.1, 0.15) is 0 Å². The molecule has 1 rings (SSSR count). The van der Waals surface area contributed by atoms with Crippen LogP contribution in [-0.4, -0.2) is 20.1 Å². The van der Waals surface area contributed by atoms with Crippen molar-refractivity contribution in [1.82, 2.24) is 4.98 Å². The first-order chi connectivity index (χ1) is 4.33. The monoisotopic (exact) mass is 114 g/mol. The largest absolute Gasteiger partial charge is 0.273 e. The molecule has 0 atom stereocenters. The van der Waals surface area contributed by atoms with E-state index < -0.39 is 0 Å². The summed E-state index contributed by atoms with van der Waals surface area (Å²) in [6.07, 6.45) is 1.75. The van der Waals surface area contributed by atoms with E-state index in [4.69, 9.17) is 7.85 Å². The Morgan fingerprint density at radius 3 is 2.78 bits per heavy atom. The molecule has 0 aliphatic carbocycles. The van der Waals surface area contributed by atoms with Gasteiger partial charge in [0, 0.05) is 6.20 Å². The van der Waals surface area contributed by atoms with E-state index in [-0.39, 0.29) is 0 Å². The van der Waals surface area contributed by atoms with Crippen molar-refractivity contribution in [1.29, 1.82) is 0 Å². The number of nitrogens with zero attached hydrogens (tertiary/aromatic N) is 1. The Labute approximate surface area is 57.2 Å². The third-order valence-electron chi connectivity index (χ3n) is 1.14. The number of hydrogen-bond donors (Lipinski definition) is 0. The number of hydrogen-bond acceptors (Lipinski definition) is 1. The Bertz CT molecular complexity index is 183. The molecule has 0 saturated carbocycles. The summed E-state index contributed by atoms with van der Waals surface area (Å²) in [5, 5.41) is 0. The molecule has 1 nitrogen and oxygen atoms in total. The van der Waals surface area contributed by atoms with Crippen LogP contribution in [-0.2, 0) is 0 Å². The van der Waals surface area contributed by atoms with Crippen LogP contribution in [0.25, 0.3) is 0 Å². The van der Waals surface area contributed by atoms with Crippen molar-refractivity contribution in [3.8, 4) is 0 Å². The number of aromatic nitrogens is 1. The molecule has 0 aliphatic heterocycles. The zero-order valence-corrected chi connectivity index (χ0v) is 5.33. The minimum Gasteiger partial charge on any atom is -0.273 e. The van der Waals surface area contributed by atoms with Crippen molar-refractivity contribution in [2.45, 2.75) is 6.82 Å². The molecular weight excluding hydrogens is 108 g/mol. The molecule has 0 aliphatic rings. The van der Waals surface area contributed by atoms with E-state index in [0.717, 1.165) is 5.46 Å². The fraction of sp³-hybridized carbons (Fsp3) is 0.167. The fourth-order valence-electron chi connectivity index (χ4n) is 0.588. The SMILES string of the molecule is [B]c1ccc([B]C)cn1. The Morgan fingerprint density at radius 1 is 1.56 bits per heavy atom. The maximum atomic E-state index is 5.36. The molecule has 41 valence electrons. The topological polar surface area (TPSA) is 12.9 Å². The first-order valence-corrected chi connectivity index (χ1v) is 2.84. The summed E-state index contributed by atoms with van der Waals surface area (Å²) in [5.41, 5.74) is 1.67. The maximum absolute atomic E-state index is 5.36. The number of rotatable bonds is 1. The normalized spacial score (nSPS) is 9.00. The minimum atomic E-state index is 0.570. The lowest BCUT2D eigenvalue weighted by Gasteiger charge is -1.93. The van der Waals surface area contributed by atoms with E-state index in [2.05, 4.69) is 4.98 Å². The van der Waals surface area contributed by atoms with Crippen molar-refractivity contribution in [3.05, 3.63) is 18.3 Å². The molecule has 1 heterocycles. The van der Waals surface area contributed by atoms with E-state index in [1.165, 1.54) is 0 Å². The fourth-order valence-corrected chi connectivity index (χ4v) is 0.588.